The SMILES string of the molecule is O=C(CCCCO)Nc1ccc(Br)c(F)c1. The minimum Gasteiger partial charge on any atom is -0.396 e. The number of hydrogen-bond donors (Lipinski definition) is 2. The highest BCUT2D eigenvalue weighted by molar-refractivity contribution is 9.10. The lowest BCUT2D eigenvalue weighted by molar-refractivity contribution is -0.116. The third kappa shape index (κ3) is 4.28. The summed E-state index contributed by atoms with van der Waals surface area (Å²) in [5, 5.41) is 11.1. The Morgan fingerprint density at radius 3 is 2.81 bits per heavy atom. The van der Waals surface area contributed by atoms with Gasteiger partial charge in [-0.3, -0.25) is 4.79 Å². The van der Waals surface area contributed by atoms with E-state index in [0.29, 0.717) is 29.4 Å². The molecule has 5 heteroatoms. The first-order chi connectivity index (χ1) is 7.63. The molecule has 0 spiro atoms. The second-order valence-corrected chi connectivity index (χ2v) is 4.21. The Morgan fingerprint density at radius 2 is 2.19 bits per heavy atom. The van der Waals surface area contributed by atoms with Gasteiger partial charge in [-0.25, -0.2) is 4.39 Å². The van der Waals surface area contributed by atoms with Crippen molar-refractivity contribution < 1.29 is 14.3 Å². The van der Waals surface area contributed by atoms with Gasteiger partial charge in [0, 0.05) is 18.7 Å². The first kappa shape index (κ1) is 13.1. The van der Waals surface area contributed by atoms with Crippen LogP contribution in [0.1, 0.15) is 19.3 Å². The summed E-state index contributed by atoms with van der Waals surface area (Å²) in [6, 6.07) is 4.42. The highest BCUT2D eigenvalue weighted by atomic mass is 79.9. The van der Waals surface area contributed by atoms with E-state index in [0.717, 1.165) is 0 Å². The molecule has 0 radical (unpaired) electrons. The van der Waals surface area contributed by atoms with E-state index >= 15 is 0 Å². The molecule has 0 aliphatic heterocycles. The number of carbonyl (C=O) groups excluding carboxylic acids is 1. The first-order valence-corrected chi connectivity index (χ1v) is 5.78. The lowest BCUT2D eigenvalue weighted by Gasteiger charge is -2.05. The summed E-state index contributed by atoms with van der Waals surface area (Å²) in [5.41, 5.74) is 0.440. The summed E-state index contributed by atoms with van der Waals surface area (Å²) in [6.07, 6.45) is 1.56. The molecule has 16 heavy (non-hydrogen) atoms. The maximum absolute atomic E-state index is 13.1. The lowest BCUT2D eigenvalue weighted by Crippen LogP contribution is -2.11. The summed E-state index contributed by atoms with van der Waals surface area (Å²) in [7, 11) is 0. The van der Waals surface area contributed by atoms with Crippen LogP contribution in [0.15, 0.2) is 22.7 Å². The van der Waals surface area contributed by atoms with Crippen LogP contribution < -0.4 is 5.32 Å². The Hall–Kier alpha value is -0.940. The average molecular weight is 290 g/mol. The first-order valence-electron chi connectivity index (χ1n) is 4.99. The fourth-order valence-electron chi connectivity index (χ4n) is 1.19. The minimum absolute atomic E-state index is 0.0835. The highest BCUT2D eigenvalue weighted by Crippen LogP contribution is 2.19. The van der Waals surface area contributed by atoms with E-state index in [9.17, 15) is 9.18 Å². The summed E-state index contributed by atoms with van der Waals surface area (Å²) in [5.74, 6) is -0.580. The van der Waals surface area contributed by atoms with Gasteiger partial charge in [0.15, 0.2) is 0 Å². The molecule has 0 saturated heterocycles. The van der Waals surface area contributed by atoms with Crippen LogP contribution in [0.25, 0.3) is 0 Å². The Labute approximate surface area is 102 Å². The van der Waals surface area contributed by atoms with Crippen molar-refractivity contribution in [3.8, 4) is 0 Å². The molecule has 1 rings (SSSR count). The molecule has 0 heterocycles. The van der Waals surface area contributed by atoms with E-state index in [1.54, 1.807) is 12.1 Å². The Balaban J connectivity index is 2.46. The zero-order valence-corrected chi connectivity index (χ0v) is 10.3. The Kier molecular flexibility index (Phi) is 5.42. The van der Waals surface area contributed by atoms with Crippen molar-refractivity contribution in [2.24, 2.45) is 0 Å². The maximum Gasteiger partial charge on any atom is 0.224 e. The van der Waals surface area contributed by atoms with Crippen LogP contribution in [-0.4, -0.2) is 17.6 Å². The number of nitrogens with one attached hydrogen (secondary N) is 1. The van der Waals surface area contributed by atoms with Crippen LogP contribution in [0.3, 0.4) is 0 Å². The molecule has 2 N–H and O–H groups in total. The van der Waals surface area contributed by atoms with Crippen molar-refractivity contribution in [1.82, 2.24) is 0 Å². The van der Waals surface area contributed by atoms with Gasteiger partial charge in [0.1, 0.15) is 5.82 Å². The molecule has 0 bridgehead atoms. The van der Waals surface area contributed by atoms with Gasteiger partial charge in [-0.2, -0.15) is 0 Å². The fourth-order valence-corrected chi connectivity index (χ4v) is 1.44. The van der Waals surface area contributed by atoms with Crippen molar-refractivity contribution in [1.29, 1.82) is 0 Å². The fraction of sp³-hybridized carbons (Fsp3) is 0.364. The van der Waals surface area contributed by atoms with Crippen LogP contribution in [0, 0.1) is 5.82 Å². The predicted octanol–water partition coefficient (Wildman–Crippen LogP) is 2.69. The topological polar surface area (TPSA) is 49.3 Å². The number of aliphatic hydroxyl groups excluding tert-OH is 1. The zero-order valence-electron chi connectivity index (χ0n) is 8.67. The van der Waals surface area contributed by atoms with Crippen LogP contribution >= 0.6 is 15.9 Å². The molecule has 88 valence electrons. The van der Waals surface area contributed by atoms with E-state index < -0.39 is 5.82 Å². The van der Waals surface area contributed by atoms with Gasteiger partial charge in [-0.05, 0) is 47.0 Å². The molecule has 0 saturated carbocycles. The van der Waals surface area contributed by atoms with Gasteiger partial charge >= 0.3 is 0 Å². The number of anilines is 1. The standard InChI is InChI=1S/C11H13BrFNO2/c12-9-5-4-8(7-10(9)13)14-11(16)3-1-2-6-15/h4-5,7,15H,1-3,6H2,(H,14,16). The van der Waals surface area contributed by atoms with Gasteiger partial charge in [0.05, 0.1) is 4.47 Å². The quantitative estimate of drug-likeness (QED) is 0.819. The lowest BCUT2D eigenvalue weighted by atomic mass is 10.2. The molecule has 1 aromatic carbocycles. The molecule has 1 aromatic rings. The van der Waals surface area contributed by atoms with Crippen LogP contribution in [0.4, 0.5) is 10.1 Å². The van der Waals surface area contributed by atoms with E-state index in [1.807, 2.05) is 0 Å². The zero-order chi connectivity index (χ0) is 12.0. The predicted molar refractivity (Wildman–Crippen MR) is 63.7 cm³/mol. The summed E-state index contributed by atoms with van der Waals surface area (Å²) >= 11 is 3.03. The number of halogens is 2. The van der Waals surface area contributed by atoms with Crippen LogP contribution in [0.5, 0.6) is 0 Å². The third-order valence-corrected chi connectivity index (χ3v) is 2.66. The molecule has 0 atom stereocenters. The van der Waals surface area contributed by atoms with E-state index in [2.05, 4.69) is 21.2 Å². The number of rotatable bonds is 5. The number of amides is 1. The van der Waals surface area contributed by atoms with Crippen molar-refractivity contribution >= 4 is 27.5 Å². The summed E-state index contributed by atoms with van der Waals surface area (Å²) in [4.78, 5) is 11.4. The normalized spacial score (nSPS) is 10.2. The maximum atomic E-state index is 13.1. The van der Waals surface area contributed by atoms with Crippen molar-refractivity contribution in [3.63, 3.8) is 0 Å². The molecular weight excluding hydrogens is 277 g/mol. The molecule has 0 aliphatic rings. The van der Waals surface area contributed by atoms with Crippen molar-refractivity contribution in [2.75, 3.05) is 11.9 Å². The monoisotopic (exact) mass is 289 g/mol. The van der Waals surface area contributed by atoms with E-state index in [1.165, 1.54) is 6.07 Å². The number of carbonyl (C=O) groups is 1. The van der Waals surface area contributed by atoms with Crippen LogP contribution in [0.2, 0.25) is 0 Å². The van der Waals surface area contributed by atoms with Crippen molar-refractivity contribution in [2.45, 2.75) is 19.3 Å². The molecule has 0 unspecified atom stereocenters. The molecule has 1 amide bonds. The van der Waals surface area contributed by atoms with E-state index in [4.69, 9.17) is 5.11 Å². The number of unbranched alkanes of at least 4 members (excludes halogenated alkanes) is 1. The second kappa shape index (κ2) is 6.60. The van der Waals surface area contributed by atoms with Crippen LogP contribution in [-0.2, 0) is 4.79 Å². The van der Waals surface area contributed by atoms with Gasteiger partial charge in [-0.1, -0.05) is 0 Å². The molecule has 0 aromatic heterocycles. The molecular formula is C11H13BrFNO2. The minimum atomic E-state index is -0.409. The van der Waals surface area contributed by atoms with Gasteiger partial charge in [0.2, 0.25) is 5.91 Å². The van der Waals surface area contributed by atoms with Gasteiger partial charge in [-0.15, -0.1) is 0 Å². The largest absolute Gasteiger partial charge is 0.396 e. The smallest absolute Gasteiger partial charge is 0.224 e. The van der Waals surface area contributed by atoms with E-state index in [-0.39, 0.29) is 12.5 Å². The average Bonchev–Trinajstić information content (AvgIpc) is 2.24. The number of hydrogen-bond acceptors (Lipinski definition) is 2. The second-order valence-electron chi connectivity index (χ2n) is 3.36. The third-order valence-electron chi connectivity index (χ3n) is 2.02. The molecule has 3 nitrogen and oxygen atoms in total. The Bertz CT molecular complexity index is 371. The summed E-state index contributed by atoms with van der Waals surface area (Å²) < 4.78 is 13.5. The van der Waals surface area contributed by atoms with Gasteiger partial charge in [0.25, 0.3) is 0 Å². The molecule has 0 fully saturated rings. The number of benzene rings is 1. The Morgan fingerprint density at radius 1 is 1.44 bits per heavy atom. The van der Waals surface area contributed by atoms with Crippen molar-refractivity contribution in [3.05, 3.63) is 28.5 Å². The van der Waals surface area contributed by atoms with Gasteiger partial charge < -0.3 is 10.4 Å². The number of aliphatic hydroxyl groups is 1. The molecule has 0 aliphatic carbocycles. The highest BCUT2D eigenvalue weighted by Gasteiger charge is 2.04. The summed E-state index contributed by atoms with van der Waals surface area (Å²) in [6.45, 7) is 0.0835.